The summed E-state index contributed by atoms with van der Waals surface area (Å²) in [7, 11) is 0. The fourth-order valence-electron chi connectivity index (χ4n) is 4.94. The number of primary amides is 1. The summed E-state index contributed by atoms with van der Waals surface area (Å²) < 4.78 is 0. The molecule has 18 nitrogen and oxygen atoms in total. The predicted octanol–water partition coefficient (Wildman–Crippen LogP) is -1.25. The van der Waals surface area contributed by atoms with Crippen molar-refractivity contribution in [2.75, 3.05) is 11.9 Å². The molecule has 0 unspecified atom stereocenters. The Morgan fingerprint density at radius 2 is 1.57 bits per heavy atom. The first kappa shape index (κ1) is 39.7. The van der Waals surface area contributed by atoms with E-state index in [1.165, 1.54) is 24.3 Å². The van der Waals surface area contributed by atoms with E-state index in [2.05, 4.69) is 47.2 Å². The van der Waals surface area contributed by atoms with Gasteiger partial charge in [-0.15, -0.1) is 5.10 Å². The van der Waals surface area contributed by atoms with Gasteiger partial charge in [0, 0.05) is 17.8 Å². The van der Waals surface area contributed by atoms with Crippen LogP contribution in [-0.4, -0.2) is 98.0 Å². The number of benzene rings is 2. The molecule has 11 N–H and O–H groups in total. The van der Waals surface area contributed by atoms with Gasteiger partial charge in [-0.3, -0.25) is 28.8 Å². The molecule has 0 radical (unpaired) electrons. The Hall–Kier alpha value is -5.75. The van der Waals surface area contributed by atoms with Gasteiger partial charge in [-0.2, -0.15) is 0 Å². The molecule has 2 aromatic carbocycles. The summed E-state index contributed by atoms with van der Waals surface area (Å²) in [4.78, 5) is 77.2. The third kappa shape index (κ3) is 12.3. The highest BCUT2D eigenvalue weighted by Crippen LogP contribution is 2.14. The van der Waals surface area contributed by atoms with Gasteiger partial charge in [0.05, 0.1) is 6.04 Å². The zero-order valence-corrected chi connectivity index (χ0v) is 28.8. The highest BCUT2D eigenvalue weighted by molar-refractivity contribution is 5.98. The van der Waals surface area contributed by atoms with E-state index in [9.17, 15) is 33.9 Å². The fraction of sp³-hybridized carbons (Fsp3) is 0.424. The van der Waals surface area contributed by atoms with Gasteiger partial charge in [0.1, 0.15) is 18.1 Å². The van der Waals surface area contributed by atoms with Crippen LogP contribution in [0, 0.1) is 11.8 Å². The standard InChI is InChI=1S/C33H45N11O7/c1-17(2)13-24(39-31(49)25(18(3)4)40-29(47)22(34)16-36-33(51)28-41-43-44-42-28)30(48)38-23(14-19-9-6-5-7-10-19)26(45)32(50)37-21-12-8-11-20(15-21)27(35)46/h5-12,15,17-18,22-26,45H,13-14,16,34H2,1-4H3,(H2,35,46)(H,36,51)(H,37,50)(H,38,48)(H,39,49)(H,40,47)(H,41,42,43,44)/t22-,23-,24-,25-,26+/m0/s1. The molecule has 3 aromatic rings. The summed E-state index contributed by atoms with van der Waals surface area (Å²) >= 11 is 0. The number of H-pyrrole nitrogens is 1. The summed E-state index contributed by atoms with van der Waals surface area (Å²) in [5, 5.41) is 36.6. The van der Waals surface area contributed by atoms with Crippen LogP contribution >= 0.6 is 0 Å². The minimum Gasteiger partial charge on any atom is -0.381 e. The van der Waals surface area contributed by atoms with Gasteiger partial charge in [0.2, 0.25) is 29.5 Å². The maximum atomic E-state index is 13.8. The molecular weight excluding hydrogens is 662 g/mol. The summed E-state index contributed by atoms with van der Waals surface area (Å²) in [6, 6.07) is 10.1. The van der Waals surface area contributed by atoms with E-state index in [4.69, 9.17) is 11.5 Å². The first-order chi connectivity index (χ1) is 24.2. The number of carbonyl (C=O) groups excluding carboxylic acids is 6. The Morgan fingerprint density at radius 3 is 2.18 bits per heavy atom. The monoisotopic (exact) mass is 707 g/mol. The number of hydrogen-bond acceptors (Lipinski definition) is 11. The number of amides is 6. The van der Waals surface area contributed by atoms with Crippen LogP contribution in [0.15, 0.2) is 54.6 Å². The number of anilines is 1. The smallest absolute Gasteiger partial charge is 0.290 e. The normalized spacial score (nSPS) is 14.0. The molecule has 6 amide bonds. The molecule has 5 atom stereocenters. The molecule has 274 valence electrons. The third-order valence-corrected chi connectivity index (χ3v) is 7.66. The average molecular weight is 708 g/mol. The lowest BCUT2D eigenvalue weighted by Crippen LogP contribution is -2.60. The molecule has 3 rings (SSSR count). The Morgan fingerprint density at radius 1 is 0.863 bits per heavy atom. The number of tetrazole rings is 1. The van der Waals surface area contributed by atoms with Gasteiger partial charge in [-0.1, -0.05) is 64.1 Å². The van der Waals surface area contributed by atoms with E-state index in [0.29, 0.717) is 5.56 Å². The molecule has 0 saturated carbocycles. The average Bonchev–Trinajstić information content (AvgIpc) is 3.64. The zero-order chi connectivity index (χ0) is 37.7. The molecule has 1 heterocycles. The molecule has 0 aliphatic carbocycles. The Labute approximate surface area is 294 Å². The van der Waals surface area contributed by atoms with Crippen molar-refractivity contribution in [3.8, 4) is 0 Å². The minimum absolute atomic E-state index is 0.0525. The molecule has 0 spiro atoms. The molecule has 18 heteroatoms. The summed E-state index contributed by atoms with van der Waals surface area (Å²) in [6.07, 6.45) is -1.53. The van der Waals surface area contributed by atoms with Crippen molar-refractivity contribution in [1.29, 1.82) is 0 Å². The number of rotatable bonds is 18. The van der Waals surface area contributed by atoms with Gasteiger partial charge in [0.25, 0.3) is 11.8 Å². The Kier molecular flexibility index (Phi) is 14.7. The molecule has 0 saturated heterocycles. The van der Waals surface area contributed by atoms with Crippen LogP contribution in [0.5, 0.6) is 0 Å². The number of aromatic amines is 1. The molecular formula is C33H45N11O7. The van der Waals surface area contributed by atoms with Gasteiger partial charge in [0.15, 0.2) is 6.10 Å². The van der Waals surface area contributed by atoms with Crippen molar-refractivity contribution in [2.24, 2.45) is 23.3 Å². The Balaban J connectivity index is 1.74. The molecule has 1 aromatic heterocycles. The highest BCUT2D eigenvalue weighted by Gasteiger charge is 2.34. The number of nitrogens with zero attached hydrogens (tertiary/aromatic N) is 3. The van der Waals surface area contributed by atoms with E-state index in [0.717, 1.165) is 0 Å². The second kappa shape index (κ2) is 18.9. The Bertz CT molecular complexity index is 1650. The van der Waals surface area contributed by atoms with E-state index in [1.807, 2.05) is 13.8 Å². The lowest BCUT2D eigenvalue weighted by molar-refractivity contribution is -0.134. The molecule has 51 heavy (non-hydrogen) atoms. The van der Waals surface area contributed by atoms with Crippen LogP contribution in [0.3, 0.4) is 0 Å². The van der Waals surface area contributed by atoms with Crippen LogP contribution in [0.1, 0.15) is 60.7 Å². The van der Waals surface area contributed by atoms with Gasteiger partial charge in [-0.05, 0) is 58.9 Å². The number of aliphatic hydroxyl groups is 1. The number of aromatic nitrogens is 4. The van der Waals surface area contributed by atoms with Crippen molar-refractivity contribution in [3.63, 3.8) is 0 Å². The number of hydrogen-bond donors (Lipinski definition) is 9. The lowest BCUT2D eigenvalue weighted by atomic mass is 9.97. The van der Waals surface area contributed by atoms with Crippen LogP contribution in [0.2, 0.25) is 0 Å². The SMILES string of the molecule is CC(C)C[C@H](NC(=O)[C@@H](NC(=O)[C@@H](N)CNC(=O)c1nnn[nH]1)C(C)C)C(=O)N[C@@H](Cc1ccccc1)[C@@H](O)C(=O)Nc1cccc(C(N)=O)c1. The minimum atomic E-state index is -1.76. The van der Waals surface area contributed by atoms with Crippen molar-refractivity contribution in [3.05, 3.63) is 71.5 Å². The third-order valence-electron chi connectivity index (χ3n) is 7.66. The van der Waals surface area contributed by atoms with E-state index >= 15 is 0 Å². The first-order valence-electron chi connectivity index (χ1n) is 16.3. The number of nitrogens with two attached hydrogens (primary N) is 2. The maximum Gasteiger partial charge on any atom is 0.290 e. The molecule has 0 aliphatic rings. The second-order valence-electron chi connectivity index (χ2n) is 12.7. The van der Waals surface area contributed by atoms with Crippen molar-refractivity contribution in [1.82, 2.24) is 41.9 Å². The van der Waals surface area contributed by atoms with E-state index in [1.54, 1.807) is 44.2 Å². The summed E-state index contributed by atoms with van der Waals surface area (Å²) in [5.74, 6) is -5.01. The summed E-state index contributed by atoms with van der Waals surface area (Å²) in [6.45, 7) is 6.79. The fourth-order valence-corrected chi connectivity index (χ4v) is 4.94. The van der Waals surface area contributed by atoms with Crippen LogP contribution in [-0.2, 0) is 25.6 Å². The van der Waals surface area contributed by atoms with Gasteiger partial charge in [-0.25, -0.2) is 5.10 Å². The zero-order valence-electron chi connectivity index (χ0n) is 28.8. The molecule has 0 fully saturated rings. The number of carbonyl (C=O) groups is 6. The summed E-state index contributed by atoms with van der Waals surface area (Å²) in [5.41, 5.74) is 12.4. The van der Waals surface area contributed by atoms with Crippen LogP contribution in [0.25, 0.3) is 0 Å². The van der Waals surface area contributed by atoms with E-state index in [-0.39, 0.29) is 42.4 Å². The predicted molar refractivity (Wildman–Crippen MR) is 184 cm³/mol. The van der Waals surface area contributed by atoms with E-state index < -0.39 is 71.6 Å². The number of aliphatic hydroxyl groups excluding tert-OH is 1. The van der Waals surface area contributed by atoms with Crippen LogP contribution in [0.4, 0.5) is 5.69 Å². The maximum absolute atomic E-state index is 13.8. The molecule has 0 aliphatic heterocycles. The van der Waals surface area contributed by atoms with Crippen LogP contribution < -0.4 is 38.1 Å². The largest absolute Gasteiger partial charge is 0.381 e. The second-order valence-corrected chi connectivity index (χ2v) is 12.7. The number of nitrogens with one attached hydrogen (secondary N) is 6. The first-order valence-corrected chi connectivity index (χ1v) is 16.3. The van der Waals surface area contributed by atoms with Gasteiger partial charge < -0.3 is 43.2 Å². The topological polar surface area (TPSA) is 289 Å². The lowest BCUT2D eigenvalue weighted by Gasteiger charge is -2.29. The molecule has 0 bridgehead atoms. The van der Waals surface area contributed by atoms with Crippen molar-refractivity contribution in [2.45, 2.75) is 70.8 Å². The van der Waals surface area contributed by atoms with Gasteiger partial charge >= 0.3 is 0 Å². The highest BCUT2D eigenvalue weighted by atomic mass is 16.3. The van der Waals surface area contributed by atoms with Crippen molar-refractivity contribution >= 4 is 41.1 Å². The van der Waals surface area contributed by atoms with Crippen molar-refractivity contribution < 1.29 is 33.9 Å². The quantitative estimate of drug-likeness (QED) is 0.0753.